The number of nitrogens with one attached hydrogen (secondary N) is 1. The van der Waals surface area contributed by atoms with Crippen LogP contribution < -0.4 is 11.1 Å². The second-order valence-corrected chi connectivity index (χ2v) is 6.16. The highest BCUT2D eigenvalue weighted by molar-refractivity contribution is 5.77. The molecule has 1 saturated heterocycles. The van der Waals surface area contributed by atoms with Gasteiger partial charge in [0.05, 0.1) is 0 Å². The molecule has 0 bridgehead atoms. The van der Waals surface area contributed by atoms with E-state index in [2.05, 4.69) is 26.1 Å². The fourth-order valence-electron chi connectivity index (χ4n) is 2.53. The molecule has 4 heteroatoms. The summed E-state index contributed by atoms with van der Waals surface area (Å²) in [6.45, 7) is 8.51. The van der Waals surface area contributed by atoms with Crippen molar-refractivity contribution in [2.75, 3.05) is 19.8 Å². The summed E-state index contributed by atoms with van der Waals surface area (Å²) in [5, 5.41) is 3.16. The summed E-state index contributed by atoms with van der Waals surface area (Å²) in [4.78, 5) is 12.1. The summed E-state index contributed by atoms with van der Waals surface area (Å²) in [7, 11) is 0. The molecule has 0 aromatic heterocycles. The predicted molar refractivity (Wildman–Crippen MR) is 73.2 cm³/mol. The van der Waals surface area contributed by atoms with Crippen molar-refractivity contribution in [1.82, 2.24) is 5.32 Å². The number of nitrogens with two attached hydrogens (primary N) is 1. The lowest BCUT2D eigenvalue weighted by molar-refractivity contribution is -0.125. The van der Waals surface area contributed by atoms with Crippen LogP contribution >= 0.6 is 0 Å². The molecule has 3 N–H and O–H groups in total. The van der Waals surface area contributed by atoms with Gasteiger partial charge in [-0.15, -0.1) is 0 Å². The Morgan fingerprint density at radius 3 is 2.50 bits per heavy atom. The maximum atomic E-state index is 12.1. The summed E-state index contributed by atoms with van der Waals surface area (Å²) in [5.74, 6) is 1.02. The van der Waals surface area contributed by atoms with Crippen molar-refractivity contribution >= 4 is 5.91 Å². The zero-order valence-corrected chi connectivity index (χ0v) is 12.0. The van der Waals surface area contributed by atoms with Crippen LogP contribution in [0.3, 0.4) is 0 Å². The summed E-state index contributed by atoms with van der Waals surface area (Å²) < 4.78 is 5.33. The molecule has 0 radical (unpaired) electrons. The van der Waals surface area contributed by atoms with Crippen molar-refractivity contribution in [2.45, 2.75) is 52.0 Å². The van der Waals surface area contributed by atoms with Crippen LogP contribution in [0.1, 0.15) is 46.5 Å². The highest BCUT2D eigenvalue weighted by atomic mass is 16.5. The van der Waals surface area contributed by atoms with E-state index in [1.165, 1.54) is 0 Å². The minimum atomic E-state index is -0.0910. The van der Waals surface area contributed by atoms with Crippen molar-refractivity contribution < 1.29 is 9.53 Å². The third kappa shape index (κ3) is 5.36. The molecule has 1 rings (SSSR count). The Kier molecular flexibility index (Phi) is 6.09. The molecular weight excluding hydrogens is 228 g/mol. The zero-order valence-electron chi connectivity index (χ0n) is 12.0. The minimum Gasteiger partial charge on any atom is -0.381 e. The van der Waals surface area contributed by atoms with Gasteiger partial charge in [0.1, 0.15) is 0 Å². The molecule has 0 aliphatic carbocycles. The molecule has 4 nitrogen and oxygen atoms in total. The summed E-state index contributed by atoms with van der Waals surface area (Å²) in [5.41, 5.74) is 5.64. The number of hydrogen-bond donors (Lipinski definition) is 2. The number of carbonyl (C=O) groups excluding carboxylic acids is 1. The Labute approximate surface area is 111 Å². The average molecular weight is 256 g/mol. The van der Waals surface area contributed by atoms with Crippen LogP contribution in [0.4, 0.5) is 0 Å². The number of amides is 1. The first-order chi connectivity index (χ1) is 8.45. The van der Waals surface area contributed by atoms with E-state index in [9.17, 15) is 4.79 Å². The topological polar surface area (TPSA) is 64.4 Å². The minimum absolute atomic E-state index is 0.0910. The van der Waals surface area contributed by atoms with E-state index >= 15 is 0 Å². The normalized spacial score (nSPS) is 20.7. The second-order valence-electron chi connectivity index (χ2n) is 6.16. The molecule has 1 fully saturated rings. The summed E-state index contributed by atoms with van der Waals surface area (Å²) >= 11 is 0. The molecule has 106 valence electrons. The van der Waals surface area contributed by atoms with Crippen LogP contribution in [0, 0.1) is 11.8 Å². The van der Waals surface area contributed by atoms with E-state index in [0.717, 1.165) is 32.5 Å². The molecular formula is C14H28N2O2. The number of rotatable bonds is 6. The van der Waals surface area contributed by atoms with Gasteiger partial charge in [0.2, 0.25) is 5.91 Å². The molecule has 0 aromatic carbocycles. The smallest absolute Gasteiger partial charge is 0.220 e. The third-order valence-corrected chi connectivity index (χ3v) is 3.65. The average Bonchev–Trinajstić information content (AvgIpc) is 2.27. The van der Waals surface area contributed by atoms with Crippen LogP contribution in [0.2, 0.25) is 0 Å². The fraction of sp³-hybridized carbons (Fsp3) is 0.929. The van der Waals surface area contributed by atoms with Gasteiger partial charge in [-0.2, -0.15) is 0 Å². The van der Waals surface area contributed by atoms with Gasteiger partial charge in [-0.3, -0.25) is 4.79 Å². The Morgan fingerprint density at radius 2 is 2.00 bits per heavy atom. The summed E-state index contributed by atoms with van der Waals surface area (Å²) in [6.07, 6.45) is 3.36. The van der Waals surface area contributed by atoms with Crippen molar-refractivity contribution in [2.24, 2.45) is 17.6 Å². The number of ether oxygens (including phenoxy) is 1. The van der Waals surface area contributed by atoms with E-state index in [1.54, 1.807) is 0 Å². The maximum Gasteiger partial charge on any atom is 0.220 e. The molecule has 1 amide bonds. The zero-order chi connectivity index (χ0) is 13.6. The molecule has 1 aliphatic rings. The van der Waals surface area contributed by atoms with Crippen molar-refractivity contribution in [3.63, 3.8) is 0 Å². The Bertz CT molecular complexity index is 261. The lowest BCUT2D eigenvalue weighted by Crippen LogP contribution is -2.50. The monoisotopic (exact) mass is 256 g/mol. The van der Waals surface area contributed by atoms with Gasteiger partial charge in [0.25, 0.3) is 0 Å². The largest absolute Gasteiger partial charge is 0.381 e. The summed E-state index contributed by atoms with van der Waals surface area (Å²) in [6, 6.07) is 0. The third-order valence-electron chi connectivity index (χ3n) is 3.65. The quantitative estimate of drug-likeness (QED) is 0.760. The first kappa shape index (κ1) is 15.4. The Balaban J connectivity index is 2.39. The SMILES string of the molecule is CC(C)C[C@H](CN)CC(=O)NC1(C)CCOCC1. The molecule has 1 heterocycles. The molecule has 0 spiro atoms. The van der Waals surface area contributed by atoms with Gasteiger partial charge in [0.15, 0.2) is 0 Å². The first-order valence-corrected chi connectivity index (χ1v) is 7.04. The van der Waals surface area contributed by atoms with E-state index in [-0.39, 0.29) is 11.4 Å². The Hall–Kier alpha value is -0.610. The number of hydrogen-bond acceptors (Lipinski definition) is 3. The van der Waals surface area contributed by atoms with Crippen molar-refractivity contribution in [1.29, 1.82) is 0 Å². The van der Waals surface area contributed by atoms with Gasteiger partial charge in [-0.1, -0.05) is 13.8 Å². The van der Waals surface area contributed by atoms with Crippen LogP contribution in [0.25, 0.3) is 0 Å². The van der Waals surface area contributed by atoms with Gasteiger partial charge in [-0.25, -0.2) is 0 Å². The van der Waals surface area contributed by atoms with Crippen LogP contribution in [-0.2, 0) is 9.53 Å². The van der Waals surface area contributed by atoms with Crippen molar-refractivity contribution in [3.8, 4) is 0 Å². The van der Waals surface area contributed by atoms with Gasteiger partial charge in [-0.05, 0) is 44.6 Å². The molecule has 0 unspecified atom stereocenters. The van der Waals surface area contributed by atoms with E-state index < -0.39 is 0 Å². The highest BCUT2D eigenvalue weighted by Crippen LogP contribution is 2.21. The standard InChI is InChI=1S/C14H28N2O2/c1-11(2)8-12(10-15)9-13(17)16-14(3)4-6-18-7-5-14/h11-12H,4-10,15H2,1-3H3,(H,16,17)/t12-/m0/s1. The van der Waals surface area contributed by atoms with E-state index in [1.807, 2.05) is 0 Å². The van der Waals surface area contributed by atoms with Gasteiger partial charge < -0.3 is 15.8 Å². The highest BCUT2D eigenvalue weighted by Gasteiger charge is 2.29. The van der Waals surface area contributed by atoms with Gasteiger partial charge >= 0.3 is 0 Å². The van der Waals surface area contributed by atoms with E-state index in [0.29, 0.717) is 24.8 Å². The lowest BCUT2D eigenvalue weighted by Gasteiger charge is -2.35. The van der Waals surface area contributed by atoms with Gasteiger partial charge in [0, 0.05) is 25.2 Å². The molecule has 1 atom stereocenters. The predicted octanol–water partition coefficient (Wildman–Crippen LogP) is 1.68. The second kappa shape index (κ2) is 7.10. The number of carbonyl (C=O) groups is 1. The van der Waals surface area contributed by atoms with Crippen LogP contribution in [-0.4, -0.2) is 31.2 Å². The van der Waals surface area contributed by atoms with Crippen LogP contribution in [0.5, 0.6) is 0 Å². The van der Waals surface area contributed by atoms with Crippen molar-refractivity contribution in [3.05, 3.63) is 0 Å². The Morgan fingerprint density at radius 1 is 1.39 bits per heavy atom. The lowest BCUT2D eigenvalue weighted by atomic mass is 9.90. The maximum absolute atomic E-state index is 12.1. The molecule has 0 saturated carbocycles. The molecule has 0 aromatic rings. The van der Waals surface area contributed by atoms with Crippen LogP contribution in [0.15, 0.2) is 0 Å². The first-order valence-electron chi connectivity index (χ1n) is 7.04. The fourth-order valence-corrected chi connectivity index (χ4v) is 2.53. The van der Waals surface area contributed by atoms with E-state index in [4.69, 9.17) is 10.5 Å². The molecule has 18 heavy (non-hydrogen) atoms. The molecule has 1 aliphatic heterocycles.